The Hall–Kier alpha value is -3.12. The number of rotatable bonds is 7. The van der Waals surface area contributed by atoms with Crippen LogP contribution in [-0.2, 0) is 16.1 Å². The van der Waals surface area contributed by atoms with Crippen molar-refractivity contribution in [2.24, 2.45) is 5.16 Å². The molecular formula is C17H19BN4O6S. The van der Waals surface area contributed by atoms with E-state index in [0.717, 1.165) is 11.3 Å². The van der Waals surface area contributed by atoms with Gasteiger partial charge in [-0.15, -0.1) is 11.3 Å². The van der Waals surface area contributed by atoms with Crippen LogP contribution < -0.4 is 15.7 Å². The number of nitrogens with zero attached hydrogens (tertiary/aromatic N) is 2. The maximum atomic E-state index is 12.8. The highest BCUT2D eigenvalue weighted by atomic mass is 32.1. The van der Waals surface area contributed by atoms with Crippen molar-refractivity contribution in [3.05, 3.63) is 40.4 Å². The minimum atomic E-state index is -1.44. The van der Waals surface area contributed by atoms with Gasteiger partial charge in [0.25, 0.3) is 5.91 Å². The van der Waals surface area contributed by atoms with Crippen LogP contribution in [0.3, 0.4) is 0 Å². The number of carbonyl (C=O) groups excluding carboxylic acids is 1. The van der Waals surface area contributed by atoms with Gasteiger partial charge in [0, 0.05) is 5.38 Å². The van der Waals surface area contributed by atoms with Crippen LogP contribution in [-0.4, -0.2) is 52.4 Å². The molecule has 2 aromatic rings. The Morgan fingerprint density at radius 2 is 2.31 bits per heavy atom. The molecule has 12 heteroatoms. The van der Waals surface area contributed by atoms with Gasteiger partial charge in [-0.2, -0.15) is 0 Å². The number of carboxylic acid groups (broad SMARTS) is 1. The van der Waals surface area contributed by atoms with E-state index in [9.17, 15) is 19.7 Å². The predicted molar refractivity (Wildman–Crippen MR) is 107 cm³/mol. The van der Waals surface area contributed by atoms with Gasteiger partial charge in [-0.25, -0.2) is 9.78 Å². The molecule has 0 aliphatic carbocycles. The number of thiazole rings is 1. The smallest absolute Gasteiger partial charge is 0.534 e. The number of nitrogen functional groups attached to an aromatic ring is 1. The molecule has 2 heterocycles. The third-order valence-electron chi connectivity index (χ3n) is 4.10. The summed E-state index contributed by atoms with van der Waals surface area (Å²) in [4.78, 5) is 33.3. The van der Waals surface area contributed by atoms with Crippen LogP contribution in [0.15, 0.2) is 28.7 Å². The van der Waals surface area contributed by atoms with E-state index in [4.69, 9.17) is 15.2 Å². The minimum Gasteiger partial charge on any atom is -0.534 e. The van der Waals surface area contributed by atoms with E-state index in [2.05, 4.69) is 15.5 Å². The normalized spacial score (nSPS) is 16.0. The van der Waals surface area contributed by atoms with Gasteiger partial charge in [0.05, 0.1) is 11.5 Å². The molecule has 1 aromatic heterocycles. The van der Waals surface area contributed by atoms with Gasteiger partial charge >= 0.3 is 13.1 Å². The maximum absolute atomic E-state index is 12.8. The fourth-order valence-electron chi connectivity index (χ4n) is 2.76. The van der Waals surface area contributed by atoms with E-state index in [-0.39, 0.29) is 34.3 Å². The molecular weight excluding hydrogens is 399 g/mol. The zero-order valence-electron chi connectivity index (χ0n) is 15.5. The molecule has 0 saturated heterocycles. The lowest BCUT2D eigenvalue weighted by Gasteiger charge is -2.28. The summed E-state index contributed by atoms with van der Waals surface area (Å²) >= 11 is 1.15. The average molecular weight is 418 g/mol. The number of benzene rings is 1. The summed E-state index contributed by atoms with van der Waals surface area (Å²) in [5.41, 5.74) is 6.31. The van der Waals surface area contributed by atoms with Crippen molar-refractivity contribution in [1.82, 2.24) is 10.3 Å². The molecule has 10 nitrogen and oxygen atoms in total. The first kappa shape index (κ1) is 20.6. The quantitative estimate of drug-likeness (QED) is 0.222. The third kappa shape index (κ3) is 4.66. The summed E-state index contributed by atoms with van der Waals surface area (Å²) < 4.78 is 5.38. The van der Waals surface area contributed by atoms with Crippen LogP contribution in [0, 0.1) is 0 Å². The summed E-state index contributed by atoms with van der Waals surface area (Å²) in [7, 11) is -1.44. The number of hydrogen-bond donors (Lipinski definition) is 4. The molecule has 0 unspecified atom stereocenters. The van der Waals surface area contributed by atoms with Crippen LogP contribution in [0.25, 0.3) is 0 Å². The van der Waals surface area contributed by atoms with Crippen LogP contribution in [0.1, 0.15) is 35.0 Å². The Bertz CT molecular complexity index is 950. The second-order valence-electron chi connectivity index (χ2n) is 6.24. The Morgan fingerprint density at radius 1 is 1.52 bits per heavy atom. The molecule has 152 valence electrons. The molecule has 0 spiro atoms. The molecule has 5 N–H and O–H groups in total. The first-order valence-electron chi connectivity index (χ1n) is 8.82. The lowest BCUT2D eigenvalue weighted by atomic mass is 9.72. The fraction of sp³-hybridized carbons (Fsp3) is 0.294. The first-order chi connectivity index (χ1) is 13.9. The van der Waals surface area contributed by atoms with Crippen LogP contribution in [0.2, 0.25) is 0 Å². The van der Waals surface area contributed by atoms with E-state index in [1.165, 1.54) is 6.07 Å². The van der Waals surface area contributed by atoms with Crippen molar-refractivity contribution in [1.29, 1.82) is 0 Å². The number of carboxylic acids is 1. The molecule has 1 aromatic carbocycles. The molecule has 29 heavy (non-hydrogen) atoms. The van der Waals surface area contributed by atoms with Gasteiger partial charge in [-0.05, 0) is 24.5 Å². The highest BCUT2D eigenvalue weighted by Gasteiger charge is 2.38. The molecule has 1 aliphatic heterocycles. The lowest BCUT2D eigenvalue weighted by Crippen LogP contribution is -2.54. The molecule has 1 atom stereocenters. The molecule has 1 aliphatic rings. The van der Waals surface area contributed by atoms with Crippen LogP contribution in [0.4, 0.5) is 5.13 Å². The number of hydrogen-bond acceptors (Lipinski definition) is 9. The standard InChI is InChI=1S/C17H19BN4O6S/c1-2-6-27-22-13(11-8-29-17(19)20-11)15(23)21-12-7-9-4-3-5-10(16(24)25)14(9)28-18(12)26/h3-5,8,12,26H,2,6-7H2,1H3,(H2,19,20)(H,21,23)(H,24,25)/b22-13-/t12-/m0/s1. The van der Waals surface area contributed by atoms with Crippen molar-refractivity contribution in [2.45, 2.75) is 25.7 Å². The largest absolute Gasteiger partial charge is 0.547 e. The zero-order valence-corrected chi connectivity index (χ0v) is 16.3. The van der Waals surface area contributed by atoms with Crippen LogP contribution >= 0.6 is 11.3 Å². The highest BCUT2D eigenvalue weighted by molar-refractivity contribution is 7.13. The summed E-state index contributed by atoms with van der Waals surface area (Å²) in [6.07, 6.45) is 0.876. The van der Waals surface area contributed by atoms with Gasteiger partial charge in [-0.1, -0.05) is 24.2 Å². The molecule has 3 rings (SSSR count). The van der Waals surface area contributed by atoms with Gasteiger partial charge < -0.3 is 30.7 Å². The Labute approximate surface area is 170 Å². The van der Waals surface area contributed by atoms with Crippen molar-refractivity contribution < 1.29 is 29.2 Å². The second-order valence-corrected chi connectivity index (χ2v) is 7.13. The number of amides is 1. The van der Waals surface area contributed by atoms with Crippen molar-refractivity contribution in [2.75, 3.05) is 12.3 Å². The molecule has 0 fully saturated rings. The topological polar surface area (TPSA) is 156 Å². The number of aromatic nitrogens is 1. The highest BCUT2D eigenvalue weighted by Crippen LogP contribution is 2.30. The van der Waals surface area contributed by atoms with Gasteiger partial charge in [0.15, 0.2) is 10.8 Å². The number of oxime groups is 1. The third-order valence-corrected chi connectivity index (χ3v) is 4.77. The summed E-state index contributed by atoms with van der Waals surface area (Å²) in [6.45, 7) is 2.21. The molecule has 0 saturated carbocycles. The van der Waals surface area contributed by atoms with Crippen molar-refractivity contribution in [3.8, 4) is 5.75 Å². The molecule has 0 radical (unpaired) electrons. The Morgan fingerprint density at radius 3 is 2.97 bits per heavy atom. The molecule has 1 amide bonds. The number of nitrogens with two attached hydrogens (primary N) is 1. The minimum absolute atomic E-state index is 0.0560. The van der Waals surface area contributed by atoms with E-state index in [0.29, 0.717) is 18.6 Å². The van der Waals surface area contributed by atoms with Crippen LogP contribution in [0.5, 0.6) is 5.75 Å². The van der Waals surface area contributed by atoms with E-state index in [1.54, 1.807) is 17.5 Å². The molecule has 0 bridgehead atoms. The number of aromatic carboxylic acids is 1. The van der Waals surface area contributed by atoms with Crippen molar-refractivity contribution >= 4 is 41.2 Å². The van der Waals surface area contributed by atoms with Gasteiger partial charge in [0.2, 0.25) is 0 Å². The maximum Gasteiger partial charge on any atom is 0.547 e. The SMILES string of the molecule is CCCO/N=C(\C(=O)N[C@H]1Cc2cccc(C(=O)O)c2OB1O)c1csc(N)n1. The fourth-order valence-corrected chi connectivity index (χ4v) is 3.30. The zero-order chi connectivity index (χ0) is 21.0. The van der Waals surface area contributed by atoms with E-state index >= 15 is 0 Å². The number of para-hydroxylation sites is 1. The summed E-state index contributed by atoms with van der Waals surface area (Å²) in [5.74, 6) is -2.53. The van der Waals surface area contributed by atoms with Gasteiger partial charge in [0.1, 0.15) is 18.1 Å². The monoisotopic (exact) mass is 418 g/mol. The number of carbonyl (C=O) groups is 2. The lowest BCUT2D eigenvalue weighted by molar-refractivity contribution is -0.115. The number of anilines is 1. The Kier molecular flexibility index (Phi) is 6.34. The predicted octanol–water partition coefficient (Wildman–Crippen LogP) is 0.694. The number of fused-ring (bicyclic) bond motifs is 1. The van der Waals surface area contributed by atoms with Gasteiger partial charge in [-0.3, -0.25) is 4.79 Å². The Balaban J connectivity index is 1.80. The summed E-state index contributed by atoms with van der Waals surface area (Å²) in [6, 6.07) is 4.63. The van der Waals surface area contributed by atoms with Crippen molar-refractivity contribution in [3.63, 3.8) is 0 Å². The van der Waals surface area contributed by atoms with E-state index < -0.39 is 24.9 Å². The average Bonchev–Trinajstić information content (AvgIpc) is 3.11. The van der Waals surface area contributed by atoms with E-state index in [1.807, 2.05) is 6.92 Å². The number of nitrogens with one attached hydrogen (secondary N) is 1. The summed E-state index contributed by atoms with van der Waals surface area (Å²) in [5, 5.41) is 27.9. The first-order valence-corrected chi connectivity index (χ1v) is 9.70. The second kappa shape index (κ2) is 8.92.